The fourth-order valence-electron chi connectivity index (χ4n) is 3.16. The van der Waals surface area contributed by atoms with E-state index in [-0.39, 0.29) is 11.8 Å². The number of carbonyl (C=O) groups is 2. The van der Waals surface area contributed by atoms with E-state index < -0.39 is 5.41 Å². The number of piperidine rings is 1. The quantitative estimate of drug-likeness (QED) is 0.717. The van der Waals surface area contributed by atoms with Crippen molar-refractivity contribution in [3.05, 3.63) is 41.2 Å². The van der Waals surface area contributed by atoms with Crippen LogP contribution in [0.1, 0.15) is 61.3 Å². The molecule has 156 valence electrons. The summed E-state index contributed by atoms with van der Waals surface area (Å²) in [4.78, 5) is 29.1. The highest BCUT2D eigenvalue weighted by Crippen LogP contribution is 2.23. The molecule has 1 aliphatic heterocycles. The Balaban J connectivity index is 1.59. The van der Waals surface area contributed by atoms with Gasteiger partial charge in [0.15, 0.2) is 5.82 Å². The topological polar surface area (TPSA) is 101 Å². The predicted molar refractivity (Wildman–Crippen MR) is 112 cm³/mol. The SMILES string of the molecule is Cn1nc(C2CCNCC2)nc1NC(=O)c1ccc(CNC(=O)C(C)(C)C)cc1. The van der Waals surface area contributed by atoms with Gasteiger partial charge < -0.3 is 10.6 Å². The van der Waals surface area contributed by atoms with Crippen LogP contribution in [-0.2, 0) is 18.4 Å². The van der Waals surface area contributed by atoms with Crippen LogP contribution in [-0.4, -0.2) is 39.7 Å². The molecule has 0 aliphatic carbocycles. The van der Waals surface area contributed by atoms with E-state index >= 15 is 0 Å². The molecule has 1 aliphatic rings. The molecule has 3 N–H and O–H groups in total. The van der Waals surface area contributed by atoms with Crippen LogP contribution in [0.3, 0.4) is 0 Å². The summed E-state index contributed by atoms with van der Waals surface area (Å²) in [5.41, 5.74) is 1.04. The summed E-state index contributed by atoms with van der Waals surface area (Å²) in [6.07, 6.45) is 2.01. The number of nitrogens with zero attached hydrogens (tertiary/aromatic N) is 3. The second-order valence-electron chi connectivity index (χ2n) is 8.53. The summed E-state index contributed by atoms with van der Waals surface area (Å²) in [7, 11) is 1.79. The molecule has 0 bridgehead atoms. The second kappa shape index (κ2) is 8.73. The van der Waals surface area contributed by atoms with Gasteiger partial charge in [-0.3, -0.25) is 14.9 Å². The van der Waals surface area contributed by atoms with Gasteiger partial charge >= 0.3 is 0 Å². The average Bonchev–Trinajstić information content (AvgIpc) is 3.06. The first kappa shape index (κ1) is 21.0. The summed E-state index contributed by atoms with van der Waals surface area (Å²) >= 11 is 0. The van der Waals surface area contributed by atoms with E-state index in [2.05, 4.69) is 26.0 Å². The van der Waals surface area contributed by atoms with Crippen molar-refractivity contribution in [2.75, 3.05) is 18.4 Å². The number of hydrogen-bond donors (Lipinski definition) is 3. The Morgan fingerprint density at radius 1 is 1.17 bits per heavy atom. The molecule has 1 fully saturated rings. The first-order valence-corrected chi connectivity index (χ1v) is 10.0. The van der Waals surface area contributed by atoms with Crippen LogP contribution in [0.15, 0.2) is 24.3 Å². The fourth-order valence-corrected chi connectivity index (χ4v) is 3.16. The largest absolute Gasteiger partial charge is 0.352 e. The third kappa shape index (κ3) is 5.41. The number of aromatic nitrogens is 3. The Bertz CT molecular complexity index is 860. The van der Waals surface area contributed by atoms with E-state index in [0.717, 1.165) is 37.3 Å². The van der Waals surface area contributed by atoms with Crippen molar-refractivity contribution in [2.24, 2.45) is 12.5 Å². The number of aryl methyl sites for hydroxylation is 1. The smallest absolute Gasteiger partial charge is 0.258 e. The molecule has 0 unspecified atom stereocenters. The standard InChI is InChI=1S/C21H30N6O2/c1-21(2,3)19(29)23-13-14-5-7-16(8-6-14)18(28)25-20-24-17(26-27(20)4)15-9-11-22-12-10-15/h5-8,15,22H,9-13H2,1-4H3,(H,23,29)(H,24,25,26,28). The number of carbonyl (C=O) groups excluding carboxylic acids is 2. The number of amides is 2. The summed E-state index contributed by atoms with van der Waals surface area (Å²) < 4.78 is 1.62. The minimum Gasteiger partial charge on any atom is -0.352 e. The minimum atomic E-state index is -0.428. The molecule has 8 heteroatoms. The maximum Gasteiger partial charge on any atom is 0.258 e. The zero-order valence-electron chi connectivity index (χ0n) is 17.6. The van der Waals surface area contributed by atoms with Gasteiger partial charge in [-0.15, -0.1) is 0 Å². The van der Waals surface area contributed by atoms with Gasteiger partial charge in [-0.2, -0.15) is 10.1 Å². The molecule has 3 rings (SSSR count). The van der Waals surface area contributed by atoms with Gasteiger partial charge in [0.25, 0.3) is 5.91 Å². The molecule has 8 nitrogen and oxygen atoms in total. The van der Waals surface area contributed by atoms with Gasteiger partial charge in [0.2, 0.25) is 11.9 Å². The lowest BCUT2D eigenvalue weighted by molar-refractivity contribution is -0.128. The number of benzene rings is 1. The molecule has 0 atom stereocenters. The van der Waals surface area contributed by atoms with Crippen LogP contribution in [0.5, 0.6) is 0 Å². The van der Waals surface area contributed by atoms with Crippen molar-refractivity contribution in [3.63, 3.8) is 0 Å². The lowest BCUT2D eigenvalue weighted by atomic mass is 9.95. The van der Waals surface area contributed by atoms with Crippen LogP contribution in [0, 0.1) is 5.41 Å². The van der Waals surface area contributed by atoms with Crippen LogP contribution in [0.2, 0.25) is 0 Å². The van der Waals surface area contributed by atoms with Crippen molar-refractivity contribution in [3.8, 4) is 0 Å². The fraction of sp³-hybridized carbons (Fsp3) is 0.524. The van der Waals surface area contributed by atoms with E-state index in [9.17, 15) is 9.59 Å². The molecule has 1 aromatic heterocycles. The Hall–Kier alpha value is -2.74. The van der Waals surface area contributed by atoms with Gasteiger partial charge in [-0.1, -0.05) is 32.9 Å². The molecule has 2 amide bonds. The van der Waals surface area contributed by atoms with E-state index in [0.29, 0.717) is 24.0 Å². The number of nitrogens with one attached hydrogen (secondary N) is 3. The Morgan fingerprint density at radius 2 is 1.83 bits per heavy atom. The predicted octanol–water partition coefficient (Wildman–Crippen LogP) is 2.20. The van der Waals surface area contributed by atoms with Gasteiger partial charge in [-0.25, -0.2) is 4.68 Å². The Kier molecular flexibility index (Phi) is 6.32. The van der Waals surface area contributed by atoms with Crippen LogP contribution in [0.4, 0.5) is 5.95 Å². The monoisotopic (exact) mass is 398 g/mol. The Labute approximate surface area is 171 Å². The van der Waals surface area contributed by atoms with E-state index in [4.69, 9.17) is 0 Å². The molecule has 2 aromatic rings. The van der Waals surface area contributed by atoms with Gasteiger partial charge in [0, 0.05) is 30.5 Å². The lowest BCUT2D eigenvalue weighted by Gasteiger charge is -2.19. The van der Waals surface area contributed by atoms with Crippen molar-refractivity contribution in [2.45, 2.75) is 46.1 Å². The molecular weight excluding hydrogens is 368 g/mol. The van der Waals surface area contributed by atoms with Gasteiger partial charge in [0.1, 0.15) is 0 Å². The molecule has 29 heavy (non-hydrogen) atoms. The third-order valence-electron chi connectivity index (χ3n) is 5.06. The highest BCUT2D eigenvalue weighted by atomic mass is 16.2. The van der Waals surface area contributed by atoms with Crippen molar-refractivity contribution >= 4 is 17.8 Å². The minimum absolute atomic E-state index is 0.00819. The first-order valence-electron chi connectivity index (χ1n) is 10.0. The number of hydrogen-bond acceptors (Lipinski definition) is 5. The van der Waals surface area contributed by atoms with Crippen molar-refractivity contribution in [1.29, 1.82) is 0 Å². The average molecular weight is 399 g/mol. The first-order chi connectivity index (χ1) is 13.7. The summed E-state index contributed by atoms with van der Waals surface area (Å²) in [5, 5.41) is 13.6. The molecular formula is C21H30N6O2. The molecule has 0 radical (unpaired) electrons. The number of rotatable bonds is 5. The van der Waals surface area contributed by atoms with E-state index in [1.165, 1.54) is 0 Å². The van der Waals surface area contributed by atoms with Crippen molar-refractivity contribution < 1.29 is 9.59 Å². The van der Waals surface area contributed by atoms with Crippen LogP contribution < -0.4 is 16.0 Å². The van der Waals surface area contributed by atoms with Gasteiger partial charge in [-0.05, 0) is 43.6 Å². The summed E-state index contributed by atoms with van der Waals surface area (Å²) in [6.45, 7) is 7.98. The number of anilines is 1. The maximum atomic E-state index is 12.6. The van der Waals surface area contributed by atoms with Gasteiger partial charge in [0.05, 0.1) is 0 Å². The Morgan fingerprint density at radius 3 is 2.45 bits per heavy atom. The molecule has 1 saturated heterocycles. The summed E-state index contributed by atoms with van der Waals surface area (Å²) in [6, 6.07) is 7.18. The van der Waals surface area contributed by atoms with E-state index in [1.807, 2.05) is 32.9 Å². The second-order valence-corrected chi connectivity index (χ2v) is 8.53. The van der Waals surface area contributed by atoms with Crippen LogP contribution in [0.25, 0.3) is 0 Å². The summed E-state index contributed by atoms with van der Waals surface area (Å²) in [5.74, 6) is 1.32. The molecule has 2 heterocycles. The molecule has 0 spiro atoms. The zero-order valence-corrected chi connectivity index (χ0v) is 17.6. The lowest BCUT2D eigenvalue weighted by Crippen LogP contribution is -2.34. The van der Waals surface area contributed by atoms with E-state index in [1.54, 1.807) is 23.9 Å². The highest BCUT2D eigenvalue weighted by molar-refractivity contribution is 6.03. The van der Waals surface area contributed by atoms with Crippen LogP contribution >= 0.6 is 0 Å². The zero-order chi connectivity index (χ0) is 21.0. The highest BCUT2D eigenvalue weighted by Gasteiger charge is 2.22. The maximum absolute atomic E-state index is 12.6. The third-order valence-corrected chi connectivity index (χ3v) is 5.06. The molecule has 1 aromatic carbocycles. The normalized spacial score (nSPS) is 15.2. The molecule has 0 saturated carbocycles. The van der Waals surface area contributed by atoms with Crippen molar-refractivity contribution in [1.82, 2.24) is 25.4 Å².